The van der Waals surface area contributed by atoms with Crippen LogP contribution in [-0.4, -0.2) is 20.3 Å². The molecule has 0 radical (unpaired) electrons. The van der Waals surface area contributed by atoms with Crippen LogP contribution in [0.4, 0.5) is 0 Å². The number of nitrogens with zero attached hydrogens (tertiary/aromatic N) is 2. The van der Waals surface area contributed by atoms with E-state index in [1.165, 1.54) is 43.4 Å². The number of benzene rings is 5. The van der Waals surface area contributed by atoms with E-state index in [0.717, 1.165) is 15.2 Å². The number of carbonyl (C=O) groups is 1. The Bertz CT molecular complexity index is 2380. The van der Waals surface area contributed by atoms with Gasteiger partial charge in [0.25, 0.3) is 0 Å². The molecule has 202 valence electrons. The molecule has 1 heterocycles. The zero-order valence-electron chi connectivity index (χ0n) is 23.3. The first kappa shape index (κ1) is 25.0. The number of hydrogen-bond acceptors (Lipinski definition) is 2. The van der Waals surface area contributed by atoms with Gasteiger partial charge in [0.05, 0.1) is 0 Å². The summed E-state index contributed by atoms with van der Waals surface area (Å²) in [5.41, 5.74) is 10.6. The second-order valence-corrected chi connectivity index (χ2v) is 13.6. The third kappa shape index (κ3) is 3.06. The topological polar surface area (TPSA) is 45.2 Å². The monoisotopic (exact) mass is 624 g/mol. The molecule has 1 spiro atoms. The molecule has 9 rings (SSSR count). The van der Waals surface area contributed by atoms with E-state index in [-0.39, 0.29) is 31.4 Å². The van der Waals surface area contributed by atoms with E-state index in [1.54, 1.807) is 0 Å². The number of carbonyl (C=O) groups excluding carboxylic acids is 1. The molecule has 5 aromatic carbocycles. The van der Waals surface area contributed by atoms with Crippen molar-refractivity contribution >= 4 is 42.7 Å². The fraction of sp³-hybridized carbons (Fsp3) is 0.0250. The SMILES string of the molecule is [C-]#[N+]/C(C#N)=C1\C(=C\c2cc3c([se]2)C2(c4ccccc4-c4ccccc42)c2ccccc2-3)C(=O)c2cc3ccccc3cc21. The average molecular weight is 624 g/mol. The van der Waals surface area contributed by atoms with Crippen molar-refractivity contribution < 1.29 is 4.79 Å². The molecule has 4 heteroatoms. The fourth-order valence-corrected chi connectivity index (χ4v) is 10.4. The first-order valence-electron chi connectivity index (χ1n) is 14.4. The van der Waals surface area contributed by atoms with Crippen LogP contribution >= 0.6 is 0 Å². The second kappa shape index (κ2) is 9.00. The van der Waals surface area contributed by atoms with Crippen molar-refractivity contribution in [2.24, 2.45) is 0 Å². The van der Waals surface area contributed by atoms with Crippen molar-refractivity contribution in [3.8, 4) is 28.3 Å². The minimum absolute atomic E-state index is 0.0503. The van der Waals surface area contributed by atoms with Crippen molar-refractivity contribution in [3.63, 3.8) is 0 Å². The Kier molecular flexibility index (Phi) is 5.12. The number of rotatable bonds is 1. The molecule has 0 saturated carbocycles. The van der Waals surface area contributed by atoms with Gasteiger partial charge in [-0.2, -0.15) is 0 Å². The van der Waals surface area contributed by atoms with Crippen LogP contribution in [0.25, 0.3) is 49.5 Å². The number of fused-ring (bicyclic) bond motifs is 12. The van der Waals surface area contributed by atoms with Gasteiger partial charge in [0.1, 0.15) is 0 Å². The van der Waals surface area contributed by atoms with Gasteiger partial charge in [-0.25, -0.2) is 0 Å². The van der Waals surface area contributed by atoms with Crippen LogP contribution in [-0.2, 0) is 5.41 Å². The quantitative estimate of drug-likeness (QED) is 0.0795. The summed E-state index contributed by atoms with van der Waals surface area (Å²) >= 11 is -0.109. The summed E-state index contributed by atoms with van der Waals surface area (Å²) in [6.07, 6.45) is 1.96. The number of nitriles is 1. The molecule has 0 N–H and O–H groups in total. The van der Waals surface area contributed by atoms with Crippen molar-refractivity contribution in [2.75, 3.05) is 0 Å². The summed E-state index contributed by atoms with van der Waals surface area (Å²) in [5, 5.41) is 11.9. The fourth-order valence-electron chi connectivity index (χ4n) is 7.61. The molecular weight excluding hydrogens is 603 g/mol. The number of allylic oxidation sites excluding steroid dienone is 3. The summed E-state index contributed by atoms with van der Waals surface area (Å²) < 4.78 is 2.44. The number of hydrogen-bond donors (Lipinski definition) is 0. The summed E-state index contributed by atoms with van der Waals surface area (Å²) in [4.78, 5) is 17.6. The summed E-state index contributed by atoms with van der Waals surface area (Å²) in [5.74, 6) is -0.132. The zero-order chi connectivity index (χ0) is 29.6. The Morgan fingerprint density at radius 2 is 1.23 bits per heavy atom. The van der Waals surface area contributed by atoms with Crippen LogP contribution in [0.3, 0.4) is 0 Å². The maximum absolute atomic E-state index is 14.0. The van der Waals surface area contributed by atoms with Gasteiger partial charge in [0.15, 0.2) is 0 Å². The van der Waals surface area contributed by atoms with Gasteiger partial charge in [-0.15, -0.1) is 0 Å². The molecule has 3 nitrogen and oxygen atoms in total. The minimum atomic E-state index is -0.386. The standard InChI is InChI=1S/C40H20N2OSe/c1-42-36(22-41)37-29-18-23-10-2-3-11-24(23)19-30(29)38(43)32(37)21-25-20-31-28-14-6-9-17-35(28)40(39(31)44-25)33-15-7-4-12-26(33)27-13-5-8-16-34(27)40/h2-21H/b32-21-,37-36-. The molecular formula is C40H20N2OSe. The third-order valence-corrected chi connectivity index (χ3v) is 11.8. The molecule has 3 aliphatic rings. The summed E-state index contributed by atoms with van der Waals surface area (Å²) in [6, 6.07) is 42.3. The van der Waals surface area contributed by atoms with E-state index < -0.39 is 0 Å². The molecule has 0 fully saturated rings. The van der Waals surface area contributed by atoms with Gasteiger partial charge in [0.2, 0.25) is 0 Å². The Morgan fingerprint density at radius 1 is 0.705 bits per heavy atom. The number of ketones is 1. The van der Waals surface area contributed by atoms with Crippen molar-refractivity contribution in [1.82, 2.24) is 0 Å². The molecule has 0 saturated heterocycles. The van der Waals surface area contributed by atoms with E-state index in [4.69, 9.17) is 6.57 Å². The first-order valence-corrected chi connectivity index (χ1v) is 16.1. The predicted molar refractivity (Wildman–Crippen MR) is 175 cm³/mol. The van der Waals surface area contributed by atoms with Gasteiger partial charge in [-0.05, 0) is 0 Å². The van der Waals surface area contributed by atoms with E-state index in [9.17, 15) is 10.1 Å². The van der Waals surface area contributed by atoms with Crippen LogP contribution in [0, 0.1) is 17.9 Å². The van der Waals surface area contributed by atoms with Crippen molar-refractivity contribution in [1.29, 1.82) is 5.26 Å². The Morgan fingerprint density at radius 3 is 1.80 bits per heavy atom. The van der Waals surface area contributed by atoms with Crippen molar-refractivity contribution in [2.45, 2.75) is 5.41 Å². The van der Waals surface area contributed by atoms with Crippen LogP contribution in [0.1, 0.15) is 41.5 Å². The molecule has 6 aromatic rings. The first-order chi connectivity index (χ1) is 21.6. The normalized spacial score (nSPS) is 16.7. The van der Waals surface area contributed by atoms with Gasteiger partial charge in [0, 0.05) is 0 Å². The van der Waals surface area contributed by atoms with Gasteiger partial charge in [-0.1, -0.05) is 0 Å². The van der Waals surface area contributed by atoms with Crippen LogP contribution in [0.15, 0.2) is 127 Å². The summed E-state index contributed by atoms with van der Waals surface area (Å²) in [6.45, 7) is 7.79. The van der Waals surface area contributed by atoms with Gasteiger partial charge >= 0.3 is 261 Å². The molecule has 0 amide bonds. The van der Waals surface area contributed by atoms with E-state index >= 15 is 0 Å². The number of Topliss-reactive ketones (excluding diaryl/α,β-unsaturated/α-hetero) is 1. The molecule has 0 unspecified atom stereocenters. The zero-order valence-corrected chi connectivity index (χ0v) is 25.0. The Balaban J connectivity index is 1.31. The summed E-state index contributed by atoms with van der Waals surface area (Å²) in [7, 11) is 0. The van der Waals surface area contributed by atoms with E-state index in [0.29, 0.717) is 22.3 Å². The molecule has 0 atom stereocenters. The predicted octanol–water partition coefficient (Wildman–Crippen LogP) is 8.67. The molecule has 44 heavy (non-hydrogen) atoms. The average Bonchev–Trinajstić information content (AvgIpc) is 3.77. The van der Waals surface area contributed by atoms with Crippen molar-refractivity contribution in [3.05, 3.63) is 175 Å². The van der Waals surface area contributed by atoms with Gasteiger partial charge in [-0.3, -0.25) is 0 Å². The third-order valence-electron chi connectivity index (χ3n) is 9.32. The van der Waals surface area contributed by atoms with Gasteiger partial charge < -0.3 is 0 Å². The molecule has 0 bridgehead atoms. The second-order valence-electron chi connectivity index (χ2n) is 11.4. The molecule has 0 aliphatic heterocycles. The molecule has 3 aliphatic carbocycles. The maximum atomic E-state index is 14.0. The van der Waals surface area contributed by atoms with Crippen LogP contribution in [0.2, 0.25) is 0 Å². The van der Waals surface area contributed by atoms with E-state index in [1.807, 2.05) is 42.5 Å². The Hall–Kier alpha value is -5.51. The van der Waals surface area contributed by atoms with Crippen LogP contribution in [0.5, 0.6) is 0 Å². The molecule has 1 aromatic heterocycles. The van der Waals surface area contributed by atoms with Crippen LogP contribution < -0.4 is 0 Å². The van der Waals surface area contributed by atoms with E-state index in [2.05, 4.69) is 89.8 Å². The Labute approximate surface area is 260 Å².